The number of carbonyl (C=O) groups is 3. The van der Waals surface area contributed by atoms with Gasteiger partial charge in [0.05, 0.1) is 17.9 Å². The molecule has 2 atom stereocenters. The van der Waals surface area contributed by atoms with Crippen LogP contribution in [0.5, 0.6) is 5.75 Å². The number of sulfone groups is 1. The van der Waals surface area contributed by atoms with E-state index in [9.17, 15) is 22.8 Å². The molecule has 1 aromatic carbocycles. The average molecular weight is 783 g/mol. The molecule has 1 saturated carbocycles. The van der Waals surface area contributed by atoms with Crippen LogP contribution >= 0.6 is 0 Å². The van der Waals surface area contributed by atoms with Crippen LogP contribution in [0.3, 0.4) is 0 Å². The third-order valence-corrected chi connectivity index (χ3v) is 11.5. The second-order valence-electron chi connectivity index (χ2n) is 16.0. The molecule has 2 aliphatic rings. The van der Waals surface area contributed by atoms with Crippen molar-refractivity contribution in [3.63, 3.8) is 0 Å². The summed E-state index contributed by atoms with van der Waals surface area (Å²) in [6, 6.07) is 8.94. The topological polar surface area (TPSA) is 162 Å². The second kappa shape index (κ2) is 18.0. The van der Waals surface area contributed by atoms with E-state index >= 15 is 0 Å². The summed E-state index contributed by atoms with van der Waals surface area (Å²) in [6.45, 7) is 10.6. The van der Waals surface area contributed by atoms with Gasteiger partial charge in [-0.3, -0.25) is 9.69 Å². The standard InChI is InChI=1S/C40H58N6O8S/c1-8-27(2)35(44(6)39(49)54-40(3,4)5)37(48)53-30-18-22-45(23-19-30)36(47)28-13-15-29(16-14-28)42-38-41-21-17-34(43-38)46-24-20-31-32(46)11-9-12-33(31)52-25-10-26-55(7,50)51/h9,11-12,17,20-21,24,27-30,35H,8,10,13-16,18-19,22-23,25-26H2,1-7H3,(H,41,42,43)/t27-,28-,29-,35-/m1/s1. The summed E-state index contributed by atoms with van der Waals surface area (Å²) in [6.07, 6.45) is 9.37. The van der Waals surface area contributed by atoms with Crippen LogP contribution in [0.1, 0.15) is 86.0 Å². The number of piperidine rings is 1. The van der Waals surface area contributed by atoms with Crippen molar-refractivity contribution in [3.05, 3.63) is 42.7 Å². The van der Waals surface area contributed by atoms with Gasteiger partial charge in [-0.15, -0.1) is 0 Å². The molecule has 1 N–H and O–H groups in total. The normalized spacial score (nSPS) is 19.4. The molecule has 2 aromatic heterocycles. The zero-order valence-electron chi connectivity index (χ0n) is 33.3. The number of aromatic nitrogens is 3. The SMILES string of the molecule is CC[C@@H](C)[C@H](C(=O)OC1CCN(C(=O)[C@H]2CC[C@H](Nc3nccc(-n4ccc5c(OCCCS(C)(=O)=O)cccc54)n3)CC2)CC1)N(C)C(=O)OC(C)(C)C. The zero-order valence-corrected chi connectivity index (χ0v) is 34.1. The molecule has 5 rings (SSSR count). The fourth-order valence-corrected chi connectivity index (χ4v) is 7.96. The first-order valence-electron chi connectivity index (χ1n) is 19.5. The van der Waals surface area contributed by atoms with Crippen LogP contribution in [-0.2, 0) is 28.9 Å². The van der Waals surface area contributed by atoms with E-state index in [4.69, 9.17) is 19.2 Å². The molecule has 302 valence electrons. The van der Waals surface area contributed by atoms with Crippen LogP contribution in [0.4, 0.5) is 10.7 Å². The van der Waals surface area contributed by atoms with Gasteiger partial charge in [0, 0.05) is 69.0 Å². The van der Waals surface area contributed by atoms with Crippen LogP contribution in [-0.4, -0.2) is 113 Å². The Morgan fingerprint density at radius 1 is 1.04 bits per heavy atom. The van der Waals surface area contributed by atoms with Gasteiger partial charge in [-0.1, -0.05) is 26.3 Å². The number of esters is 1. The molecule has 1 aliphatic heterocycles. The third-order valence-electron chi connectivity index (χ3n) is 10.5. The summed E-state index contributed by atoms with van der Waals surface area (Å²) in [5.74, 6) is 1.53. The van der Waals surface area contributed by atoms with Crippen molar-refractivity contribution in [2.45, 2.75) is 110 Å². The molecule has 14 nitrogen and oxygen atoms in total. The fraction of sp³-hybridized carbons (Fsp3) is 0.625. The number of anilines is 1. The number of likely N-dealkylation sites (N-methyl/N-ethyl adjacent to an activating group) is 1. The molecule has 1 aliphatic carbocycles. The Labute approximate surface area is 325 Å². The fourth-order valence-electron chi connectivity index (χ4n) is 7.32. The van der Waals surface area contributed by atoms with Crippen LogP contribution in [0, 0.1) is 11.8 Å². The number of likely N-dealkylation sites (tertiary alicyclic amines) is 1. The summed E-state index contributed by atoms with van der Waals surface area (Å²) in [5, 5.41) is 4.39. The van der Waals surface area contributed by atoms with Gasteiger partial charge < -0.3 is 29.0 Å². The maximum absolute atomic E-state index is 13.6. The highest BCUT2D eigenvalue weighted by Crippen LogP contribution is 2.31. The number of nitrogens with zero attached hydrogens (tertiary/aromatic N) is 5. The minimum Gasteiger partial charge on any atom is -0.493 e. The lowest BCUT2D eigenvalue weighted by Crippen LogP contribution is -2.50. The van der Waals surface area contributed by atoms with E-state index in [0.29, 0.717) is 62.9 Å². The van der Waals surface area contributed by atoms with Crippen molar-refractivity contribution in [2.24, 2.45) is 11.8 Å². The lowest BCUT2D eigenvalue weighted by Gasteiger charge is -2.37. The first-order chi connectivity index (χ1) is 26.0. The van der Waals surface area contributed by atoms with E-state index in [1.54, 1.807) is 34.0 Å². The van der Waals surface area contributed by atoms with E-state index in [0.717, 1.165) is 36.6 Å². The minimum atomic E-state index is -3.04. The summed E-state index contributed by atoms with van der Waals surface area (Å²) < 4.78 is 42.3. The number of amides is 2. The maximum atomic E-state index is 13.6. The summed E-state index contributed by atoms with van der Waals surface area (Å²) in [4.78, 5) is 52.2. The van der Waals surface area contributed by atoms with Gasteiger partial charge in [-0.25, -0.2) is 23.0 Å². The van der Waals surface area contributed by atoms with Gasteiger partial charge in [0.25, 0.3) is 0 Å². The average Bonchev–Trinajstić information content (AvgIpc) is 3.58. The summed E-state index contributed by atoms with van der Waals surface area (Å²) in [7, 11) is -1.46. The largest absolute Gasteiger partial charge is 0.493 e. The van der Waals surface area contributed by atoms with Crippen molar-refractivity contribution in [1.29, 1.82) is 0 Å². The van der Waals surface area contributed by atoms with Crippen molar-refractivity contribution < 1.29 is 37.0 Å². The Morgan fingerprint density at radius 2 is 1.75 bits per heavy atom. The molecule has 0 unspecified atom stereocenters. The van der Waals surface area contributed by atoms with E-state index in [1.807, 2.05) is 59.8 Å². The molecule has 2 amide bonds. The highest BCUT2D eigenvalue weighted by molar-refractivity contribution is 7.90. The Kier molecular flexibility index (Phi) is 13.7. The monoisotopic (exact) mass is 782 g/mol. The summed E-state index contributed by atoms with van der Waals surface area (Å²) in [5.41, 5.74) is 0.230. The second-order valence-corrected chi connectivity index (χ2v) is 18.3. The molecular weight excluding hydrogens is 725 g/mol. The molecule has 3 heterocycles. The maximum Gasteiger partial charge on any atom is 0.410 e. The van der Waals surface area contributed by atoms with Gasteiger partial charge in [0.2, 0.25) is 11.9 Å². The van der Waals surface area contributed by atoms with Crippen molar-refractivity contribution in [1.82, 2.24) is 24.3 Å². The zero-order chi connectivity index (χ0) is 39.9. The van der Waals surface area contributed by atoms with E-state index in [2.05, 4.69) is 10.3 Å². The molecule has 0 bridgehead atoms. The van der Waals surface area contributed by atoms with Crippen molar-refractivity contribution in [2.75, 3.05) is 44.1 Å². The molecule has 15 heteroatoms. The molecule has 55 heavy (non-hydrogen) atoms. The van der Waals surface area contributed by atoms with Crippen LogP contribution in [0.2, 0.25) is 0 Å². The Balaban J connectivity index is 1.09. The van der Waals surface area contributed by atoms with Crippen LogP contribution in [0.25, 0.3) is 16.7 Å². The van der Waals surface area contributed by atoms with Gasteiger partial charge in [-0.2, -0.15) is 4.98 Å². The van der Waals surface area contributed by atoms with Crippen LogP contribution in [0.15, 0.2) is 42.7 Å². The number of hydrogen-bond acceptors (Lipinski definition) is 11. The van der Waals surface area contributed by atoms with E-state index in [1.165, 1.54) is 11.2 Å². The van der Waals surface area contributed by atoms with Gasteiger partial charge in [0.15, 0.2) is 0 Å². The molecule has 1 saturated heterocycles. The smallest absolute Gasteiger partial charge is 0.410 e. The molecular formula is C40H58N6O8S. The lowest BCUT2D eigenvalue weighted by molar-refractivity contribution is -0.160. The summed E-state index contributed by atoms with van der Waals surface area (Å²) >= 11 is 0. The molecule has 0 radical (unpaired) electrons. The molecule has 0 spiro atoms. The van der Waals surface area contributed by atoms with Crippen LogP contribution < -0.4 is 10.1 Å². The Bertz CT molecular complexity index is 1890. The number of hydrogen-bond donors (Lipinski definition) is 1. The first kappa shape index (κ1) is 41.8. The van der Waals surface area contributed by atoms with E-state index in [-0.39, 0.29) is 35.6 Å². The van der Waals surface area contributed by atoms with Gasteiger partial charge in [-0.05, 0) is 83.1 Å². The van der Waals surface area contributed by atoms with Crippen molar-refractivity contribution in [3.8, 4) is 11.6 Å². The highest BCUT2D eigenvalue weighted by atomic mass is 32.2. The van der Waals surface area contributed by atoms with Gasteiger partial charge in [0.1, 0.15) is 39.2 Å². The predicted octanol–water partition coefficient (Wildman–Crippen LogP) is 6.02. The molecule has 2 fully saturated rings. The van der Waals surface area contributed by atoms with Gasteiger partial charge >= 0.3 is 12.1 Å². The number of carbonyl (C=O) groups excluding carboxylic acids is 3. The number of ether oxygens (including phenoxy) is 3. The first-order valence-corrected chi connectivity index (χ1v) is 21.5. The minimum absolute atomic E-state index is 0.0595. The quantitative estimate of drug-likeness (QED) is 0.150. The lowest BCUT2D eigenvalue weighted by atomic mass is 9.85. The third kappa shape index (κ3) is 11.3. The highest BCUT2D eigenvalue weighted by Gasteiger charge is 2.38. The molecule has 3 aromatic rings. The number of benzene rings is 1. The number of rotatable bonds is 14. The predicted molar refractivity (Wildman–Crippen MR) is 211 cm³/mol. The van der Waals surface area contributed by atoms with E-state index < -0.39 is 33.5 Å². The Hall–Kier alpha value is -4.40. The van der Waals surface area contributed by atoms with Crippen molar-refractivity contribution >= 4 is 44.7 Å². The number of fused-ring (bicyclic) bond motifs is 1. The number of nitrogens with one attached hydrogen (secondary N) is 1. The Morgan fingerprint density at radius 3 is 2.40 bits per heavy atom.